The molecule has 36 heavy (non-hydrogen) atoms. The monoisotopic (exact) mass is 500 g/mol. The van der Waals surface area contributed by atoms with E-state index in [0.29, 0.717) is 17.4 Å². The van der Waals surface area contributed by atoms with Crippen molar-refractivity contribution in [3.8, 4) is 11.5 Å². The second-order valence-corrected chi connectivity index (χ2v) is 10.3. The number of hydrogen-bond donors (Lipinski definition) is 1. The molecule has 6 heteroatoms. The van der Waals surface area contributed by atoms with Gasteiger partial charge in [0.15, 0.2) is 5.11 Å². The minimum atomic E-state index is -0.172. The zero-order valence-corrected chi connectivity index (χ0v) is 22.2. The molecule has 1 aliphatic heterocycles. The summed E-state index contributed by atoms with van der Waals surface area (Å²) in [5.74, 6) is 1.37. The second-order valence-electron chi connectivity index (χ2n) is 9.88. The number of nitrogens with zero attached hydrogens (tertiary/aromatic N) is 1. The largest absolute Gasteiger partial charge is 0.496 e. The van der Waals surface area contributed by atoms with Crippen LogP contribution < -0.4 is 14.8 Å². The number of carbonyl (C=O) groups is 1. The highest BCUT2D eigenvalue weighted by Crippen LogP contribution is 2.29. The first-order chi connectivity index (χ1) is 17.2. The van der Waals surface area contributed by atoms with Gasteiger partial charge in [-0.2, -0.15) is 0 Å². The molecule has 1 unspecified atom stereocenters. The van der Waals surface area contributed by atoms with Crippen molar-refractivity contribution in [3.63, 3.8) is 0 Å². The van der Waals surface area contributed by atoms with Crippen molar-refractivity contribution in [1.29, 1.82) is 0 Å². The van der Waals surface area contributed by atoms with E-state index in [-0.39, 0.29) is 17.4 Å². The van der Waals surface area contributed by atoms with Crippen molar-refractivity contribution in [3.05, 3.63) is 101 Å². The van der Waals surface area contributed by atoms with Crippen LogP contribution in [0.3, 0.4) is 0 Å². The normalized spacial score (nSPS) is 15.7. The van der Waals surface area contributed by atoms with Crippen molar-refractivity contribution in [2.45, 2.75) is 45.8 Å². The van der Waals surface area contributed by atoms with Crippen LogP contribution >= 0.6 is 12.2 Å². The smallest absolute Gasteiger partial charge is 0.277 e. The van der Waals surface area contributed by atoms with E-state index in [1.807, 2.05) is 73.7 Å². The SMILES string of the molecule is COc1ccc(/C=C2\NC(=S)N(C(C)c3ccccc3)C2=O)cc1COc1ccc(C(C)(C)C)cc1. The third-order valence-electron chi connectivity index (χ3n) is 6.31. The highest BCUT2D eigenvalue weighted by atomic mass is 32.1. The average Bonchev–Trinajstić information content (AvgIpc) is 3.15. The maximum absolute atomic E-state index is 13.2. The molecule has 0 radical (unpaired) electrons. The molecule has 0 spiro atoms. The third kappa shape index (κ3) is 5.60. The summed E-state index contributed by atoms with van der Waals surface area (Å²) >= 11 is 5.49. The number of amides is 1. The van der Waals surface area contributed by atoms with Gasteiger partial charge in [-0.3, -0.25) is 9.69 Å². The Morgan fingerprint density at radius 1 is 1.03 bits per heavy atom. The molecule has 1 N–H and O–H groups in total. The maximum atomic E-state index is 13.2. The van der Waals surface area contributed by atoms with Crippen LogP contribution in [0, 0.1) is 0 Å². The highest BCUT2D eigenvalue weighted by Gasteiger charge is 2.34. The van der Waals surface area contributed by atoms with Crippen molar-refractivity contribution >= 4 is 29.3 Å². The first-order valence-electron chi connectivity index (χ1n) is 12.0. The van der Waals surface area contributed by atoms with Gasteiger partial charge in [0, 0.05) is 5.56 Å². The van der Waals surface area contributed by atoms with Crippen LogP contribution in [0.1, 0.15) is 56.0 Å². The topological polar surface area (TPSA) is 50.8 Å². The molecule has 0 aromatic heterocycles. The van der Waals surface area contributed by atoms with E-state index in [4.69, 9.17) is 21.7 Å². The Balaban J connectivity index is 1.51. The summed E-state index contributed by atoms with van der Waals surface area (Å²) in [6.07, 6.45) is 1.81. The van der Waals surface area contributed by atoms with E-state index in [9.17, 15) is 4.79 Å². The molecule has 0 bridgehead atoms. The predicted octanol–water partition coefficient (Wildman–Crippen LogP) is 6.39. The van der Waals surface area contributed by atoms with Gasteiger partial charge in [0.2, 0.25) is 0 Å². The summed E-state index contributed by atoms with van der Waals surface area (Å²) in [4.78, 5) is 14.8. The predicted molar refractivity (Wildman–Crippen MR) is 148 cm³/mol. The zero-order valence-electron chi connectivity index (χ0n) is 21.4. The highest BCUT2D eigenvalue weighted by molar-refractivity contribution is 7.80. The lowest BCUT2D eigenvalue weighted by molar-refractivity contribution is -0.123. The van der Waals surface area contributed by atoms with Crippen molar-refractivity contribution in [2.75, 3.05) is 7.11 Å². The quantitative estimate of drug-likeness (QED) is 0.301. The van der Waals surface area contributed by atoms with Gasteiger partial charge >= 0.3 is 0 Å². The zero-order chi connectivity index (χ0) is 25.9. The molecule has 5 nitrogen and oxygen atoms in total. The number of rotatable bonds is 7. The van der Waals surface area contributed by atoms with E-state index in [2.05, 4.69) is 38.2 Å². The molecule has 1 heterocycles. The molecule has 1 saturated heterocycles. The van der Waals surface area contributed by atoms with Crippen molar-refractivity contribution in [2.24, 2.45) is 0 Å². The maximum Gasteiger partial charge on any atom is 0.277 e. The summed E-state index contributed by atoms with van der Waals surface area (Å²) in [5.41, 5.74) is 4.54. The lowest BCUT2D eigenvalue weighted by Gasteiger charge is -2.23. The second kappa shape index (κ2) is 10.5. The minimum Gasteiger partial charge on any atom is -0.496 e. The van der Waals surface area contributed by atoms with Gasteiger partial charge in [-0.1, -0.05) is 69.3 Å². The van der Waals surface area contributed by atoms with Gasteiger partial charge in [-0.05, 0) is 71.6 Å². The fourth-order valence-electron chi connectivity index (χ4n) is 4.16. The number of nitrogens with one attached hydrogen (secondary N) is 1. The lowest BCUT2D eigenvalue weighted by Crippen LogP contribution is -2.33. The number of thiocarbonyl (C=S) groups is 1. The van der Waals surface area contributed by atoms with Crippen LogP contribution in [0.25, 0.3) is 6.08 Å². The fourth-order valence-corrected chi connectivity index (χ4v) is 4.51. The molecular weight excluding hydrogens is 468 g/mol. The third-order valence-corrected chi connectivity index (χ3v) is 6.61. The number of methoxy groups -OCH3 is 1. The molecule has 1 fully saturated rings. The summed E-state index contributed by atoms with van der Waals surface area (Å²) < 4.78 is 11.6. The summed E-state index contributed by atoms with van der Waals surface area (Å²) in [6.45, 7) is 8.87. The molecule has 0 aliphatic carbocycles. The fraction of sp³-hybridized carbons (Fsp3) is 0.267. The van der Waals surface area contributed by atoms with E-state index in [1.54, 1.807) is 12.0 Å². The molecule has 1 amide bonds. The Bertz CT molecular complexity index is 1280. The molecule has 3 aromatic carbocycles. The Morgan fingerprint density at radius 3 is 2.36 bits per heavy atom. The first kappa shape index (κ1) is 25.5. The molecule has 186 valence electrons. The van der Waals surface area contributed by atoms with E-state index in [0.717, 1.165) is 28.2 Å². The minimum absolute atomic E-state index is 0.0894. The molecule has 3 aromatic rings. The van der Waals surface area contributed by atoms with E-state index in [1.165, 1.54) is 5.56 Å². The van der Waals surface area contributed by atoms with Gasteiger partial charge < -0.3 is 14.8 Å². The molecular formula is C30H32N2O3S. The molecule has 4 rings (SSSR count). The van der Waals surface area contributed by atoms with Crippen LogP contribution in [0.2, 0.25) is 0 Å². The number of carbonyl (C=O) groups excluding carboxylic acids is 1. The van der Waals surface area contributed by atoms with E-state index < -0.39 is 0 Å². The Hall–Kier alpha value is -3.64. The van der Waals surface area contributed by atoms with Gasteiger partial charge in [-0.15, -0.1) is 0 Å². The van der Waals surface area contributed by atoms with Crippen molar-refractivity contribution in [1.82, 2.24) is 10.2 Å². The van der Waals surface area contributed by atoms with Crippen molar-refractivity contribution < 1.29 is 14.3 Å². The summed E-state index contributed by atoms with van der Waals surface area (Å²) in [6, 6.07) is 23.6. The van der Waals surface area contributed by atoms with E-state index >= 15 is 0 Å². The van der Waals surface area contributed by atoms with Gasteiger partial charge in [0.05, 0.1) is 13.2 Å². The summed E-state index contributed by atoms with van der Waals surface area (Å²) in [7, 11) is 1.64. The number of benzene rings is 3. The van der Waals surface area contributed by atoms with Crippen LogP contribution in [0.4, 0.5) is 0 Å². The standard InChI is InChI=1S/C30H32N2O3S/c1-20(22-9-7-6-8-10-22)32-28(33)26(31-29(32)36)18-21-11-16-27(34-5)23(17-21)19-35-25-14-12-24(13-15-25)30(2,3)4/h6-18,20H,19H2,1-5H3,(H,31,36)/b26-18-. The lowest BCUT2D eigenvalue weighted by atomic mass is 9.87. The molecule has 1 atom stereocenters. The molecule has 1 aliphatic rings. The van der Waals surface area contributed by atoms with Crippen LogP contribution in [0.15, 0.2) is 78.5 Å². The first-order valence-corrected chi connectivity index (χ1v) is 12.4. The Kier molecular flexibility index (Phi) is 7.45. The van der Waals surface area contributed by atoms with Gasteiger partial charge in [0.25, 0.3) is 5.91 Å². The summed E-state index contributed by atoms with van der Waals surface area (Å²) in [5, 5.41) is 3.48. The average molecular weight is 501 g/mol. The van der Waals surface area contributed by atoms with Crippen LogP contribution in [-0.4, -0.2) is 23.0 Å². The Morgan fingerprint density at radius 2 is 1.72 bits per heavy atom. The van der Waals surface area contributed by atoms with Gasteiger partial charge in [-0.25, -0.2) is 0 Å². The Labute approximate surface area is 218 Å². The van der Waals surface area contributed by atoms with Gasteiger partial charge in [0.1, 0.15) is 23.8 Å². The van der Waals surface area contributed by atoms with Crippen LogP contribution in [-0.2, 0) is 16.8 Å². The van der Waals surface area contributed by atoms with Crippen LogP contribution in [0.5, 0.6) is 11.5 Å². The number of hydrogen-bond acceptors (Lipinski definition) is 4. The number of ether oxygens (including phenoxy) is 2. The molecule has 0 saturated carbocycles.